The van der Waals surface area contributed by atoms with E-state index in [1.807, 2.05) is 49.3 Å². The van der Waals surface area contributed by atoms with Crippen LogP contribution in [0.15, 0.2) is 42.5 Å². The van der Waals surface area contributed by atoms with Crippen molar-refractivity contribution in [3.8, 4) is 6.07 Å². The first-order valence-electron chi connectivity index (χ1n) is 7.46. The van der Waals surface area contributed by atoms with Crippen molar-refractivity contribution in [3.63, 3.8) is 0 Å². The first-order valence-corrected chi connectivity index (χ1v) is 7.83. The van der Waals surface area contributed by atoms with Crippen molar-refractivity contribution in [1.29, 1.82) is 5.26 Å². The number of rotatable bonds is 4. The third kappa shape index (κ3) is 4.96. The van der Waals surface area contributed by atoms with Gasteiger partial charge in [-0.2, -0.15) is 5.26 Å². The van der Waals surface area contributed by atoms with Gasteiger partial charge in [-0.3, -0.25) is 9.59 Å². The van der Waals surface area contributed by atoms with Gasteiger partial charge in [0.05, 0.1) is 10.6 Å². The molecule has 0 radical (unpaired) electrons. The Morgan fingerprint density at radius 1 is 1.12 bits per heavy atom. The van der Waals surface area contributed by atoms with Crippen molar-refractivity contribution in [3.05, 3.63) is 58.6 Å². The molecule has 25 heavy (non-hydrogen) atoms. The summed E-state index contributed by atoms with van der Waals surface area (Å²) in [6, 6.07) is 13.9. The van der Waals surface area contributed by atoms with E-state index in [4.69, 9.17) is 16.9 Å². The van der Waals surface area contributed by atoms with E-state index in [-0.39, 0.29) is 17.1 Å². The Morgan fingerprint density at radius 3 is 2.40 bits per heavy atom. The van der Waals surface area contributed by atoms with Gasteiger partial charge >= 0.3 is 11.8 Å². The van der Waals surface area contributed by atoms with Gasteiger partial charge in [0.1, 0.15) is 6.07 Å². The number of hydrogen-bond donors (Lipinski definition) is 2. The van der Waals surface area contributed by atoms with Crippen LogP contribution in [0.5, 0.6) is 0 Å². The lowest BCUT2D eigenvalue weighted by Gasteiger charge is -2.13. The number of nitrogens with zero attached hydrogens (tertiary/aromatic N) is 2. The van der Waals surface area contributed by atoms with Crippen molar-refractivity contribution >= 4 is 34.8 Å². The monoisotopic (exact) mass is 356 g/mol. The topological polar surface area (TPSA) is 85.2 Å². The largest absolute Gasteiger partial charge is 0.378 e. The van der Waals surface area contributed by atoms with Gasteiger partial charge in [-0.25, -0.2) is 0 Å². The van der Waals surface area contributed by atoms with E-state index >= 15 is 0 Å². The quantitative estimate of drug-likeness (QED) is 0.824. The Labute approximate surface area is 151 Å². The van der Waals surface area contributed by atoms with Gasteiger partial charge in [0, 0.05) is 32.0 Å². The molecule has 2 aromatic rings. The zero-order chi connectivity index (χ0) is 18.4. The molecule has 2 aromatic carbocycles. The maximum Gasteiger partial charge on any atom is 0.313 e. The minimum Gasteiger partial charge on any atom is -0.378 e. The van der Waals surface area contributed by atoms with Gasteiger partial charge in [0.15, 0.2) is 0 Å². The molecule has 7 heteroatoms. The summed E-state index contributed by atoms with van der Waals surface area (Å²) in [5.41, 5.74) is 2.48. The van der Waals surface area contributed by atoms with Crippen LogP contribution in [0.25, 0.3) is 0 Å². The Hall–Kier alpha value is -3.04. The minimum absolute atomic E-state index is 0.223. The Kier molecular flexibility index (Phi) is 5.98. The number of carbonyl (C=O) groups excluding carboxylic acids is 2. The number of carbonyl (C=O) groups is 2. The fourth-order valence-corrected chi connectivity index (χ4v) is 2.21. The molecule has 2 N–H and O–H groups in total. The number of nitriles is 1. The molecule has 0 aliphatic rings. The molecule has 0 aliphatic heterocycles. The maximum absolute atomic E-state index is 11.9. The summed E-state index contributed by atoms with van der Waals surface area (Å²) in [4.78, 5) is 25.8. The molecule has 6 nitrogen and oxygen atoms in total. The normalized spacial score (nSPS) is 9.84. The lowest BCUT2D eigenvalue weighted by atomic mass is 10.2. The number of nitrogens with one attached hydrogen (secondary N) is 2. The molecular weight excluding hydrogens is 340 g/mol. The van der Waals surface area contributed by atoms with E-state index in [9.17, 15) is 9.59 Å². The average molecular weight is 357 g/mol. The fourth-order valence-electron chi connectivity index (χ4n) is 2.05. The highest BCUT2D eigenvalue weighted by molar-refractivity contribution is 6.39. The van der Waals surface area contributed by atoms with Crippen LogP contribution in [-0.2, 0) is 16.1 Å². The van der Waals surface area contributed by atoms with E-state index in [1.165, 1.54) is 18.2 Å². The van der Waals surface area contributed by atoms with Crippen molar-refractivity contribution < 1.29 is 9.59 Å². The second-order valence-corrected chi connectivity index (χ2v) is 5.91. The van der Waals surface area contributed by atoms with Gasteiger partial charge in [-0.1, -0.05) is 23.7 Å². The number of benzene rings is 2. The molecule has 0 unspecified atom stereocenters. The van der Waals surface area contributed by atoms with Crippen molar-refractivity contribution in [1.82, 2.24) is 5.32 Å². The van der Waals surface area contributed by atoms with E-state index < -0.39 is 11.8 Å². The predicted molar refractivity (Wildman–Crippen MR) is 97.4 cm³/mol. The molecular formula is C18H17ClN4O2. The van der Waals surface area contributed by atoms with Gasteiger partial charge in [-0.15, -0.1) is 0 Å². The zero-order valence-corrected chi connectivity index (χ0v) is 14.6. The highest BCUT2D eigenvalue weighted by Crippen LogP contribution is 2.19. The Balaban J connectivity index is 1.92. The molecule has 0 bridgehead atoms. The second-order valence-electron chi connectivity index (χ2n) is 5.50. The number of anilines is 2. The summed E-state index contributed by atoms with van der Waals surface area (Å²) in [7, 11) is 3.88. The molecule has 0 atom stereocenters. The third-order valence-electron chi connectivity index (χ3n) is 3.46. The summed E-state index contributed by atoms with van der Waals surface area (Å²) in [5.74, 6) is -1.57. The Morgan fingerprint density at radius 2 is 1.80 bits per heavy atom. The SMILES string of the molecule is CN(C)c1ccc(CNC(=O)C(=O)Nc2ccc(Cl)c(C#N)c2)cc1. The molecule has 0 aliphatic carbocycles. The first kappa shape index (κ1) is 18.3. The number of halogens is 1. The summed E-state index contributed by atoms with van der Waals surface area (Å²) in [6.07, 6.45) is 0. The summed E-state index contributed by atoms with van der Waals surface area (Å²) in [6.45, 7) is 0.240. The highest BCUT2D eigenvalue weighted by Gasteiger charge is 2.14. The predicted octanol–water partition coefficient (Wildman–Crippen LogP) is 2.53. The van der Waals surface area contributed by atoms with E-state index in [1.54, 1.807) is 0 Å². The van der Waals surface area contributed by atoms with Crippen LogP contribution in [0.1, 0.15) is 11.1 Å². The maximum atomic E-state index is 11.9. The van der Waals surface area contributed by atoms with Crippen LogP contribution in [-0.4, -0.2) is 25.9 Å². The van der Waals surface area contributed by atoms with Gasteiger partial charge < -0.3 is 15.5 Å². The van der Waals surface area contributed by atoms with E-state index in [2.05, 4.69) is 10.6 Å². The molecule has 0 saturated carbocycles. The molecule has 0 aromatic heterocycles. The van der Waals surface area contributed by atoms with Gasteiger partial charge in [0.2, 0.25) is 0 Å². The molecule has 0 heterocycles. The van der Waals surface area contributed by atoms with Crippen LogP contribution < -0.4 is 15.5 Å². The highest BCUT2D eigenvalue weighted by atomic mass is 35.5. The smallest absolute Gasteiger partial charge is 0.313 e. The zero-order valence-electron chi connectivity index (χ0n) is 13.8. The molecule has 0 spiro atoms. The Bertz CT molecular complexity index is 826. The minimum atomic E-state index is -0.809. The van der Waals surface area contributed by atoms with Crippen molar-refractivity contribution in [2.24, 2.45) is 0 Å². The fraction of sp³-hybridized carbons (Fsp3) is 0.167. The summed E-state index contributed by atoms with van der Waals surface area (Å²) in [5, 5.41) is 14.2. The van der Waals surface area contributed by atoms with Crippen LogP contribution >= 0.6 is 11.6 Å². The lowest BCUT2D eigenvalue weighted by Crippen LogP contribution is -2.34. The van der Waals surface area contributed by atoms with E-state index in [0.29, 0.717) is 5.69 Å². The molecule has 128 valence electrons. The number of hydrogen-bond acceptors (Lipinski definition) is 4. The average Bonchev–Trinajstić information content (AvgIpc) is 2.61. The van der Waals surface area contributed by atoms with E-state index in [0.717, 1.165) is 11.3 Å². The van der Waals surface area contributed by atoms with Gasteiger partial charge in [-0.05, 0) is 35.9 Å². The molecule has 0 saturated heterocycles. The van der Waals surface area contributed by atoms with Gasteiger partial charge in [0.25, 0.3) is 0 Å². The van der Waals surface area contributed by atoms with Crippen LogP contribution in [0.2, 0.25) is 5.02 Å². The van der Waals surface area contributed by atoms with Crippen molar-refractivity contribution in [2.45, 2.75) is 6.54 Å². The van der Waals surface area contributed by atoms with Crippen molar-refractivity contribution in [2.75, 3.05) is 24.3 Å². The molecule has 2 rings (SSSR count). The molecule has 2 amide bonds. The first-order chi connectivity index (χ1) is 11.9. The lowest BCUT2D eigenvalue weighted by molar-refractivity contribution is -0.136. The summed E-state index contributed by atoms with van der Waals surface area (Å²) >= 11 is 5.83. The van der Waals surface area contributed by atoms with Crippen LogP contribution in [0.4, 0.5) is 11.4 Å². The molecule has 0 fully saturated rings. The van der Waals surface area contributed by atoms with Crippen LogP contribution in [0.3, 0.4) is 0 Å². The third-order valence-corrected chi connectivity index (χ3v) is 3.79. The number of amides is 2. The van der Waals surface area contributed by atoms with Crippen LogP contribution in [0, 0.1) is 11.3 Å². The standard InChI is InChI=1S/C18H17ClN4O2/c1-23(2)15-6-3-12(4-7-15)11-21-17(24)18(25)22-14-5-8-16(19)13(9-14)10-20/h3-9H,11H2,1-2H3,(H,21,24)(H,22,25). The second kappa shape index (κ2) is 8.18. The summed E-state index contributed by atoms with van der Waals surface area (Å²) < 4.78 is 0.